The van der Waals surface area contributed by atoms with Crippen molar-refractivity contribution in [1.82, 2.24) is 0 Å². The fourth-order valence-corrected chi connectivity index (χ4v) is 1.31. The number of alkyl halides is 1. The molecule has 78 valence electrons. The molecule has 0 aliphatic rings. The number of hydrogen-bond donors (Lipinski definition) is 1. The van der Waals surface area contributed by atoms with Crippen molar-refractivity contribution in [3.05, 3.63) is 29.3 Å². The second kappa shape index (κ2) is 5.17. The largest absolute Gasteiger partial charge is 0.324 e. The van der Waals surface area contributed by atoms with Crippen LogP contribution in [-0.2, 0) is 4.79 Å². The summed E-state index contributed by atoms with van der Waals surface area (Å²) in [6.45, 7) is 3.98. The lowest BCUT2D eigenvalue weighted by Crippen LogP contribution is -2.21. The third kappa shape index (κ3) is 2.96. The molecule has 3 heteroatoms. The highest BCUT2D eigenvalue weighted by atomic mass is 127. The molecule has 1 aromatic rings. The van der Waals surface area contributed by atoms with Gasteiger partial charge in [0.15, 0.2) is 3.92 Å². The van der Waals surface area contributed by atoms with Crippen molar-refractivity contribution in [3.8, 4) is 12.3 Å². The topological polar surface area (TPSA) is 29.1 Å². The second-order valence-electron chi connectivity index (χ2n) is 3.27. The number of carbonyl (C=O) groups is 1. The SMILES string of the molecule is C#CC(I)C(=O)Nc1cccc(C)c1C. The maximum atomic E-state index is 11.5. The Morgan fingerprint density at radius 3 is 2.80 bits per heavy atom. The summed E-state index contributed by atoms with van der Waals surface area (Å²) >= 11 is 1.93. The average molecular weight is 313 g/mol. The van der Waals surface area contributed by atoms with Crippen molar-refractivity contribution in [2.45, 2.75) is 17.8 Å². The predicted octanol–water partition coefficient (Wildman–Crippen LogP) is 2.68. The number of nitrogens with one attached hydrogen (secondary N) is 1. The summed E-state index contributed by atoms with van der Waals surface area (Å²) in [6, 6.07) is 5.80. The second-order valence-corrected chi connectivity index (χ2v) is 4.51. The highest BCUT2D eigenvalue weighted by Crippen LogP contribution is 2.18. The van der Waals surface area contributed by atoms with Gasteiger partial charge in [-0.2, -0.15) is 0 Å². The number of halogens is 1. The van der Waals surface area contributed by atoms with Crippen LogP contribution in [0.3, 0.4) is 0 Å². The van der Waals surface area contributed by atoms with E-state index in [9.17, 15) is 4.79 Å². The molecule has 1 amide bonds. The molecule has 1 unspecified atom stereocenters. The number of carbonyl (C=O) groups excluding carboxylic acids is 1. The molecule has 0 saturated carbocycles. The van der Waals surface area contributed by atoms with Gasteiger partial charge in [-0.25, -0.2) is 0 Å². The molecule has 0 aliphatic heterocycles. The normalized spacial score (nSPS) is 11.6. The minimum absolute atomic E-state index is 0.146. The van der Waals surface area contributed by atoms with Crippen LogP contribution in [0.15, 0.2) is 18.2 Å². The van der Waals surface area contributed by atoms with Gasteiger partial charge < -0.3 is 5.32 Å². The van der Waals surface area contributed by atoms with Crippen LogP contribution in [0.2, 0.25) is 0 Å². The molecular formula is C12H12INO. The summed E-state index contributed by atoms with van der Waals surface area (Å²) in [5.41, 5.74) is 3.06. The summed E-state index contributed by atoms with van der Waals surface area (Å²) in [5.74, 6) is 2.25. The maximum Gasteiger partial charge on any atom is 0.249 e. The lowest BCUT2D eigenvalue weighted by Gasteiger charge is -2.10. The van der Waals surface area contributed by atoms with Crippen LogP contribution in [0.1, 0.15) is 11.1 Å². The van der Waals surface area contributed by atoms with E-state index in [1.807, 2.05) is 54.6 Å². The van der Waals surface area contributed by atoms with Crippen molar-refractivity contribution >= 4 is 34.2 Å². The summed E-state index contributed by atoms with van der Waals surface area (Å²) in [5, 5.41) is 2.81. The van der Waals surface area contributed by atoms with Crippen LogP contribution in [0.25, 0.3) is 0 Å². The van der Waals surface area contributed by atoms with Crippen LogP contribution < -0.4 is 5.32 Å². The third-order valence-corrected chi connectivity index (χ3v) is 3.16. The van der Waals surface area contributed by atoms with Crippen LogP contribution >= 0.6 is 22.6 Å². The molecule has 0 spiro atoms. The highest BCUT2D eigenvalue weighted by Gasteiger charge is 2.12. The molecule has 0 aromatic heterocycles. The van der Waals surface area contributed by atoms with E-state index >= 15 is 0 Å². The number of anilines is 1. The molecule has 0 aliphatic carbocycles. The van der Waals surface area contributed by atoms with Crippen molar-refractivity contribution in [3.63, 3.8) is 0 Å². The number of aryl methyl sites for hydroxylation is 1. The van der Waals surface area contributed by atoms with Gasteiger partial charge in [-0.3, -0.25) is 4.79 Å². The zero-order valence-corrected chi connectivity index (χ0v) is 10.8. The van der Waals surface area contributed by atoms with E-state index in [-0.39, 0.29) is 5.91 Å². The number of rotatable bonds is 2. The summed E-state index contributed by atoms with van der Waals surface area (Å²) in [7, 11) is 0. The Labute approximate surface area is 104 Å². The molecular weight excluding hydrogens is 301 g/mol. The van der Waals surface area contributed by atoms with E-state index in [0.717, 1.165) is 16.8 Å². The lowest BCUT2D eigenvalue weighted by atomic mass is 10.1. The van der Waals surface area contributed by atoms with Crippen molar-refractivity contribution in [2.24, 2.45) is 0 Å². The fourth-order valence-electron chi connectivity index (χ4n) is 1.16. The zero-order valence-electron chi connectivity index (χ0n) is 8.67. The molecule has 0 heterocycles. The number of amides is 1. The van der Waals surface area contributed by atoms with E-state index < -0.39 is 3.92 Å². The first-order valence-corrected chi connectivity index (χ1v) is 5.78. The molecule has 1 aromatic carbocycles. The summed E-state index contributed by atoms with van der Waals surface area (Å²) in [6.07, 6.45) is 5.18. The number of terminal acetylenes is 1. The first kappa shape index (κ1) is 12.1. The molecule has 15 heavy (non-hydrogen) atoms. The fraction of sp³-hybridized carbons (Fsp3) is 0.250. The Balaban J connectivity index is 2.87. The number of benzene rings is 1. The Morgan fingerprint density at radius 1 is 1.53 bits per heavy atom. The van der Waals surface area contributed by atoms with Crippen molar-refractivity contribution in [2.75, 3.05) is 5.32 Å². The molecule has 1 atom stereocenters. The van der Waals surface area contributed by atoms with Gasteiger partial charge in [-0.05, 0) is 31.0 Å². The standard InChI is InChI=1S/C12H12INO/c1-4-10(13)12(15)14-11-7-5-6-8(2)9(11)3/h1,5-7,10H,2-3H3,(H,14,15). The van der Waals surface area contributed by atoms with E-state index in [0.29, 0.717) is 0 Å². The highest BCUT2D eigenvalue weighted by molar-refractivity contribution is 14.1. The van der Waals surface area contributed by atoms with Crippen molar-refractivity contribution in [1.29, 1.82) is 0 Å². The number of hydrogen-bond acceptors (Lipinski definition) is 1. The molecule has 1 rings (SSSR count). The average Bonchev–Trinajstić information content (AvgIpc) is 2.23. The van der Waals surface area contributed by atoms with Gasteiger partial charge in [0.25, 0.3) is 0 Å². The first-order valence-electron chi connectivity index (χ1n) is 4.53. The molecule has 0 saturated heterocycles. The third-order valence-electron chi connectivity index (χ3n) is 2.24. The maximum absolute atomic E-state index is 11.5. The zero-order chi connectivity index (χ0) is 11.4. The molecule has 2 nitrogen and oxygen atoms in total. The van der Waals surface area contributed by atoms with E-state index in [2.05, 4.69) is 11.2 Å². The monoisotopic (exact) mass is 313 g/mol. The van der Waals surface area contributed by atoms with E-state index in [1.54, 1.807) is 0 Å². The van der Waals surface area contributed by atoms with Gasteiger partial charge in [0.05, 0.1) is 0 Å². The minimum atomic E-state index is -0.428. The van der Waals surface area contributed by atoms with E-state index in [1.165, 1.54) is 0 Å². The molecule has 0 bridgehead atoms. The van der Waals surface area contributed by atoms with Crippen LogP contribution in [0, 0.1) is 26.2 Å². The molecule has 0 fully saturated rings. The Kier molecular flexibility index (Phi) is 4.15. The Morgan fingerprint density at radius 2 is 2.20 bits per heavy atom. The van der Waals surface area contributed by atoms with E-state index in [4.69, 9.17) is 6.42 Å². The predicted molar refractivity (Wildman–Crippen MR) is 71.2 cm³/mol. The van der Waals surface area contributed by atoms with Crippen LogP contribution in [-0.4, -0.2) is 9.83 Å². The van der Waals surface area contributed by atoms with Crippen LogP contribution in [0.5, 0.6) is 0 Å². The smallest absolute Gasteiger partial charge is 0.249 e. The van der Waals surface area contributed by atoms with Gasteiger partial charge in [-0.1, -0.05) is 40.6 Å². The van der Waals surface area contributed by atoms with Gasteiger partial charge in [0, 0.05) is 5.69 Å². The Hall–Kier alpha value is -1.02. The summed E-state index contributed by atoms with van der Waals surface area (Å²) in [4.78, 5) is 11.5. The summed E-state index contributed by atoms with van der Waals surface area (Å²) < 4.78 is -0.428. The van der Waals surface area contributed by atoms with Gasteiger partial charge in [-0.15, -0.1) is 6.42 Å². The minimum Gasteiger partial charge on any atom is -0.324 e. The lowest BCUT2D eigenvalue weighted by molar-refractivity contribution is -0.114. The molecule has 0 radical (unpaired) electrons. The van der Waals surface area contributed by atoms with Crippen LogP contribution in [0.4, 0.5) is 5.69 Å². The quantitative estimate of drug-likeness (QED) is 0.508. The van der Waals surface area contributed by atoms with Crippen molar-refractivity contribution < 1.29 is 4.79 Å². The molecule has 1 N–H and O–H groups in total. The van der Waals surface area contributed by atoms with Gasteiger partial charge in [0.2, 0.25) is 5.91 Å². The first-order chi connectivity index (χ1) is 7.06. The Bertz CT molecular complexity index is 420. The van der Waals surface area contributed by atoms with Gasteiger partial charge >= 0.3 is 0 Å². The van der Waals surface area contributed by atoms with Gasteiger partial charge in [0.1, 0.15) is 0 Å².